The first kappa shape index (κ1) is 12.4. The highest BCUT2D eigenvalue weighted by molar-refractivity contribution is 5.88. The van der Waals surface area contributed by atoms with Crippen molar-refractivity contribution in [1.82, 2.24) is 10.2 Å². The van der Waals surface area contributed by atoms with Crippen molar-refractivity contribution in [3.8, 4) is 0 Å². The zero-order valence-corrected chi connectivity index (χ0v) is 10.3. The smallest absolute Gasteiger partial charge is 0.240 e. The molecule has 17 heavy (non-hydrogen) atoms. The Bertz CT molecular complexity index is 319. The summed E-state index contributed by atoms with van der Waals surface area (Å²) in [4.78, 5) is 25.5. The Kier molecular flexibility index (Phi) is 3.66. The summed E-state index contributed by atoms with van der Waals surface area (Å²) in [7, 11) is 0. The molecule has 2 fully saturated rings. The molecule has 2 rings (SSSR count). The molecule has 0 aromatic heterocycles. The zero-order valence-electron chi connectivity index (χ0n) is 10.3. The summed E-state index contributed by atoms with van der Waals surface area (Å²) in [5.74, 6) is -0.252. The number of piperidine rings is 1. The van der Waals surface area contributed by atoms with Gasteiger partial charge in [-0.2, -0.15) is 0 Å². The van der Waals surface area contributed by atoms with E-state index in [9.17, 15) is 9.59 Å². The van der Waals surface area contributed by atoms with Gasteiger partial charge in [0.2, 0.25) is 11.8 Å². The fraction of sp³-hybridized carbons (Fsp3) is 0.833. The number of carbonyl (C=O) groups is 2. The molecule has 3 atom stereocenters. The average Bonchev–Trinajstić information content (AvgIpc) is 2.74. The van der Waals surface area contributed by atoms with Gasteiger partial charge in [-0.25, -0.2) is 0 Å². The first-order valence-electron chi connectivity index (χ1n) is 6.44. The lowest BCUT2D eigenvalue weighted by Crippen LogP contribution is -2.53. The van der Waals surface area contributed by atoms with E-state index < -0.39 is 0 Å². The van der Waals surface area contributed by atoms with Crippen LogP contribution in [0, 0.1) is 5.92 Å². The summed E-state index contributed by atoms with van der Waals surface area (Å²) in [6.45, 7) is 3.58. The van der Waals surface area contributed by atoms with Gasteiger partial charge in [0.25, 0.3) is 0 Å². The molecule has 2 aliphatic heterocycles. The van der Waals surface area contributed by atoms with Gasteiger partial charge < -0.3 is 16.0 Å². The fourth-order valence-corrected chi connectivity index (χ4v) is 2.90. The van der Waals surface area contributed by atoms with Crippen LogP contribution in [0.2, 0.25) is 0 Å². The van der Waals surface area contributed by atoms with Crippen LogP contribution in [0.4, 0.5) is 0 Å². The Balaban J connectivity index is 2.08. The highest BCUT2D eigenvalue weighted by atomic mass is 16.2. The molecule has 0 saturated carbocycles. The van der Waals surface area contributed by atoms with Crippen molar-refractivity contribution in [3.63, 3.8) is 0 Å². The van der Waals surface area contributed by atoms with Gasteiger partial charge in [-0.05, 0) is 39.2 Å². The first-order chi connectivity index (χ1) is 8.11. The molecule has 3 N–H and O–H groups in total. The van der Waals surface area contributed by atoms with Gasteiger partial charge in [-0.15, -0.1) is 0 Å². The molecule has 2 amide bonds. The van der Waals surface area contributed by atoms with Crippen LogP contribution in [-0.2, 0) is 9.59 Å². The Morgan fingerprint density at radius 1 is 1.29 bits per heavy atom. The van der Waals surface area contributed by atoms with Crippen molar-refractivity contribution in [2.24, 2.45) is 11.7 Å². The molecule has 0 bridgehead atoms. The molecule has 5 nitrogen and oxygen atoms in total. The molecule has 5 heteroatoms. The van der Waals surface area contributed by atoms with Gasteiger partial charge in [0.1, 0.15) is 6.04 Å². The van der Waals surface area contributed by atoms with Crippen LogP contribution in [0.5, 0.6) is 0 Å². The van der Waals surface area contributed by atoms with Gasteiger partial charge in [0.15, 0.2) is 0 Å². The number of nitrogens with two attached hydrogens (primary N) is 1. The number of primary amides is 1. The van der Waals surface area contributed by atoms with Crippen LogP contribution < -0.4 is 11.1 Å². The highest BCUT2D eigenvalue weighted by Gasteiger charge is 2.37. The second-order valence-corrected chi connectivity index (χ2v) is 5.08. The van der Waals surface area contributed by atoms with Crippen molar-refractivity contribution < 1.29 is 9.59 Å². The van der Waals surface area contributed by atoms with Gasteiger partial charge in [-0.3, -0.25) is 9.59 Å². The number of carbonyl (C=O) groups excluding carboxylic acids is 2. The summed E-state index contributed by atoms with van der Waals surface area (Å²) in [6, 6.07) is -0.179. The maximum atomic E-state index is 12.4. The number of likely N-dealkylation sites (tertiary alicyclic amines) is 1. The lowest BCUT2D eigenvalue weighted by atomic mass is 9.95. The molecule has 0 aromatic carbocycles. The molecule has 2 heterocycles. The Labute approximate surface area is 102 Å². The maximum Gasteiger partial charge on any atom is 0.240 e. The Hall–Kier alpha value is -1.10. The summed E-state index contributed by atoms with van der Waals surface area (Å²) >= 11 is 0. The third-order valence-electron chi connectivity index (χ3n) is 3.96. The van der Waals surface area contributed by atoms with Crippen LogP contribution in [-0.4, -0.2) is 41.9 Å². The second kappa shape index (κ2) is 5.04. The lowest BCUT2D eigenvalue weighted by molar-refractivity contribution is -0.144. The number of hydrogen-bond donors (Lipinski definition) is 2. The van der Waals surface area contributed by atoms with Gasteiger partial charge in [0, 0.05) is 12.6 Å². The normalized spacial score (nSPS) is 33.7. The van der Waals surface area contributed by atoms with Gasteiger partial charge >= 0.3 is 0 Å². The van der Waals surface area contributed by atoms with Crippen molar-refractivity contribution in [2.45, 2.75) is 44.7 Å². The Morgan fingerprint density at radius 2 is 2.06 bits per heavy atom. The number of hydrogen-bond acceptors (Lipinski definition) is 3. The van der Waals surface area contributed by atoms with Crippen LogP contribution in [0.15, 0.2) is 0 Å². The van der Waals surface area contributed by atoms with Crippen molar-refractivity contribution in [2.75, 3.05) is 13.1 Å². The summed E-state index contributed by atoms with van der Waals surface area (Å²) in [6.07, 6.45) is 3.54. The van der Waals surface area contributed by atoms with E-state index >= 15 is 0 Å². The van der Waals surface area contributed by atoms with Crippen LogP contribution in [0.1, 0.15) is 32.6 Å². The molecule has 96 valence electrons. The fourth-order valence-electron chi connectivity index (χ4n) is 2.90. The summed E-state index contributed by atoms with van der Waals surface area (Å²) in [5.41, 5.74) is 5.38. The minimum Gasteiger partial charge on any atom is -0.368 e. The van der Waals surface area contributed by atoms with Gasteiger partial charge in [0.05, 0.1) is 5.92 Å². The number of rotatable bonds is 2. The molecule has 2 saturated heterocycles. The SMILES string of the molecule is CC1NCCC1C(=O)N1CCCCC1C(N)=O. The molecule has 0 spiro atoms. The van der Waals surface area contributed by atoms with E-state index in [1.54, 1.807) is 4.90 Å². The number of amides is 2. The van der Waals surface area contributed by atoms with Crippen LogP contribution in [0.3, 0.4) is 0 Å². The van der Waals surface area contributed by atoms with Crippen LogP contribution in [0.25, 0.3) is 0 Å². The average molecular weight is 239 g/mol. The van der Waals surface area contributed by atoms with Crippen molar-refractivity contribution in [1.29, 1.82) is 0 Å². The zero-order chi connectivity index (χ0) is 12.4. The third-order valence-corrected chi connectivity index (χ3v) is 3.96. The summed E-state index contributed by atoms with van der Waals surface area (Å²) < 4.78 is 0. The van der Waals surface area contributed by atoms with Crippen LogP contribution >= 0.6 is 0 Å². The number of nitrogens with one attached hydrogen (secondary N) is 1. The molecule has 0 aliphatic carbocycles. The van der Waals surface area contributed by atoms with Crippen molar-refractivity contribution >= 4 is 11.8 Å². The van der Waals surface area contributed by atoms with E-state index in [1.165, 1.54) is 0 Å². The molecule has 2 aliphatic rings. The maximum absolute atomic E-state index is 12.4. The predicted molar refractivity (Wildman–Crippen MR) is 64.1 cm³/mol. The molecular formula is C12H21N3O2. The third kappa shape index (κ3) is 2.44. The van der Waals surface area contributed by atoms with E-state index in [-0.39, 0.29) is 29.8 Å². The van der Waals surface area contributed by atoms with E-state index in [2.05, 4.69) is 5.32 Å². The van der Waals surface area contributed by atoms with E-state index in [0.29, 0.717) is 6.54 Å². The summed E-state index contributed by atoms with van der Waals surface area (Å²) in [5, 5.41) is 3.27. The lowest BCUT2D eigenvalue weighted by Gasteiger charge is -2.36. The van der Waals surface area contributed by atoms with E-state index in [0.717, 1.165) is 32.2 Å². The van der Waals surface area contributed by atoms with Crippen molar-refractivity contribution in [3.05, 3.63) is 0 Å². The van der Waals surface area contributed by atoms with Gasteiger partial charge in [-0.1, -0.05) is 0 Å². The standard InChI is InChI=1S/C12H21N3O2/c1-8-9(5-6-14-8)12(17)15-7-3-2-4-10(15)11(13)16/h8-10,14H,2-7H2,1H3,(H2,13,16). The molecule has 3 unspecified atom stereocenters. The largest absolute Gasteiger partial charge is 0.368 e. The molecular weight excluding hydrogens is 218 g/mol. The minimum atomic E-state index is -0.385. The quantitative estimate of drug-likeness (QED) is 0.703. The monoisotopic (exact) mass is 239 g/mol. The van der Waals surface area contributed by atoms with E-state index in [4.69, 9.17) is 5.73 Å². The molecule has 0 radical (unpaired) electrons. The molecule has 0 aromatic rings. The van der Waals surface area contributed by atoms with E-state index in [1.807, 2.05) is 6.92 Å². The highest BCUT2D eigenvalue weighted by Crippen LogP contribution is 2.24. The first-order valence-corrected chi connectivity index (χ1v) is 6.44. The number of nitrogens with zero attached hydrogens (tertiary/aromatic N) is 1. The minimum absolute atomic E-state index is 0.00921. The Morgan fingerprint density at radius 3 is 2.65 bits per heavy atom. The topological polar surface area (TPSA) is 75.4 Å². The second-order valence-electron chi connectivity index (χ2n) is 5.08. The predicted octanol–water partition coefficient (Wildman–Crippen LogP) is -0.149.